The average molecular weight is 540 g/mol. The van der Waals surface area contributed by atoms with E-state index < -0.39 is 5.91 Å². The Morgan fingerprint density at radius 3 is 2.42 bits per heavy atom. The van der Waals surface area contributed by atoms with E-state index in [1.165, 1.54) is 0 Å². The van der Waals surface area contributed by atoms with Gasteiger partial charge in [-0.15, -0.1) is 0 Å². The molecule has 0 unspecified atom stereocenters. The summed E-state index contributed by atoms with van der Waals surface area (Å²) in [4.78, 5) is 12.7. The number of nitriles is 1. The predicted octanol–water partition coefficient (Wildman–Crippen LogP) is 6.57. The Balaban J connectivity index is 1.79. The van der Waals surface area contributed by atoms with E-state index in [0.29, 0.717) is 17.9 Å². The van der Waals surface area contributed by atoms with Gasteiger partial charge in [0.05, 0.1) is 6.04 Å². The molecule has 1 atom stereocenters. The van der Waals surface area contributed by atoms with Crippen molar-refractivity contribution in [3.05, 3.63) is 104 Å². The largest absolute Gasteiger partial charge is 0.488 e. The molecule has 0 aliphatic carbocycles. The van der Waals surface area contributed by atoms with Crippen molar-refractivity contribution in [2.75, 3.05) is 0 Å². The SMILES string of the molecule is C[C@H](NC(=O)/C(C#N)=C\c1cc(Br)ccc1OCc1ccc(Br)cc1)c1ccccc1. The van der Waals surface area contributed by atoms with Gasteiger partial charge in [0.1, 0.15) is 24.0 Å². The lowest BCUT2D eigenvalue weighted by atomic mass is 10.1. The molecule has 3 rings (SSSR count). The zero-order chi connectivity index (χ0) is 22.2. The van der Waals surface area contributed by atoms with Crippen molar-refractivity contribution in [1.29, 1.82) is 5.26 Å². The molecular formula is C25H20Br2N2O2. The highest BCUT2D eigenvalue weighted by Gasteiger charge is 2.15. The second-order valence-corrected chi connectivity index (χ2v) is 8.70. The van der Waals surface area contributed by atoms with Gasteiger partial charge in [-0.1, -0.05) is 74.3 Å². The van der Waals surface area contributed by atoms with Crippen molar-refractivity contribution in [2.24, 2.45) is 0 Å². The third-order valence-corrected chi connectivity index (χ3v) is 5.61. The summed E-state index contributed by atoms with van der Waals surface area (Å²) in [5, 5.41) is 12.5. The fourth-order valence-corrected chi connectivity index (χ4v) is 3.55. The van der Waals surface area contributed by atoms with Crippen LogP contribution in [-0.4, -0.2) is 5.91 Å². The molecule has 4 nitrogen and oxygen atoms in total. The highest BCUT2D eigenvalue weighted by Crippen LogP contribution is 2.27. The van der Waals surface area contributed by atoms with E-state index in [0.717, 1.165) is 20.1 Å². The Bertz CT molecular complexity index is 1120. The number of hydrogen-bond acceptors (Lipinski definition) is 3. The smallest absolute Gasteiger partial charge is 0.262 e. The summed E-state index contributed by atoms with van der Waals surface area (Å²) in [6.07, 6.45) is 1.55. The van der Waals surface area contributed by atoms with Crippen LogP contribution in [-0.2, 0) is 11.4 Å². The predicted molar refractivity (Wildman–Crippen MR) is 129 cm³/mol. The van der Waals surface area contributed by atoms with Gasteiger partial charge in [0.2, 0.25) is 0 Å². The van der Waals surface area contributed by atoms with Gasteiger partial charge in [-0.2, -0.15) is 5.26 Å². The molecule has 0 saturated heterocycles. The van der Waals surface area contributed by atoms with Crippen molar-refractivity contribution < 1.29 is 9.53 Å². The van der Waals surface area contributed by atoms with Crippen LogP contribution in [0.1, 0.15) is 29.7 Å². The zero-order valence-corrected chi connectivity index (χ0v) is 20.0. The molecule has 1 N–H and O–H groups in total. The molecule has 6 heteroatoms. The fraction of sp³-hybridized carbons (Fsp3) is 0.120. The number of nitrogens with one attached hydrogen (secondary N) is 1. The Kier molecular flexibility index (Phi) is 8.05. The standard InChI is InChI=1S/C25H20Br2N2O2/c1-17(19-5-3-2-4-6-19)29-25(30)21(15-28)13-20-14-23(27)11-12-24(20)31-16-18-7-9-22(26)10-8-18/h2-14,17H,16H2,1H3,(H,29,30)/b21-13-/t17-/m0/s1. The summed E-state index contributed by atoms with van der Waals surface area (Å²) in [5.41, 5.74) is 2.63. The number of nitrogens with zero attached hydrogens (tertiary/aromatic N) is 1. The van der Waals surface area contributed by atoms with Gasteiger partial charge in [0.25, 0.3) is 5.91 Å². The van der Waals surface area contributed by atoms with Gasteiger partial charge in [0.15, 0.2) is 0 Å². The molecule has 156 valence electrons. The molecule has 0 saturated carbocycles. The molecule has 3 aromatic carbocycles. The van der Waals surface area contributed by atoms with E-state index in [4.69, 9.17) is 4.74 Å². The molecule has 0 aliphatic rings. The molecule has 0 radical (unpaired) electrons. The van der Waals surface area contributed by atoms with Gasteiger partial charge in [-0.05, 0) is 54.5 Å². The first kappa shape index (κ1) is 22.8. The van der Waals surface area contributed by atoms with Gasteiger partial charge in [0, 0.05) is 14.5 Å². The van der Waals surface area contributed by atoms with Crippen LogP contribution in [0.2, 0.25) is 0 Å². The molecule has 0 heterocycles. The van der Waals surface area contributed by atoms with E-state index in [1.54, 1.807) is 6.08 Å². The summed E-state index contributed by atoms with van der Waals surface area (Å²) in [7, 11) is 0. The average Bonchev–Trinajstić information content (AvgIpc) is 2.78. The number of carbonyl (C=O) groups is 1. The van der Waals surface area contributed by atoms with E-state index in [9.17, 15) is 10.1 Å². The minimum Gasteiger partial charge on any atom is -0.488 e. The molecule has 31 heavy (non-hydrogen) atoms. The topological polar surface area (TPSA) is 62.1 Å². The first-order valence-electron chi connectivity index (χ1n) is 9.60. The molecule has 0 fully saturated rings. The second kappa shape index (κ2) is 10.9. The summed E-state index contributed by atoms with van der Waals surface area (Å²) < 4.78 is 7.79. The fourth-order valence-electron chi connectivity index (χ4n) is 2.91. The number of amides is 1. The number of rotatable bonds is 7. The minimum atomic E-state index is -0.433. The Labute approximate surface area is 198 Å². The second-order valence-electron chi connectivity index (χ2n) is 6.87. The maximum absolute atomic E-state index is 12.7. The maximum Gasteiger partial charge on any atom is 0.262 e. The van der Waals surface area contributed by atoms with Gasteiger partial charge < -0.3 is 10.1 Å². The van der Waals surface area contributed by atoms with E-state index in [1.807, 2.05) is 85.8 Å². The maximum atomic E-state index is 12.7. The van der Waals surface area contributed by atoms with Crippen LogP contribution in [0.3, 0.4) is 0 Å². The van der Waals surface area contributed by atoms with Crippen LogP contribution in [0.25, 0.3) is 6.08 Å². The summed E-state index contributed by atoms with van der Waals surface area (Å²) in [5.74, 6) is 0.153. The lowest BCUT2D eigenvalue weighted by Gasteiger charge is -2.14. The Morgan fingerprint density at radius 2 is 1.74 bits per heavy atom. The highest BCUT2D eigenvalue weighted by atomic mass is 79.9. The van der Waals surface area contributed by atoms with E-state index in [2.05, 4.69) is 37.2 Å². The number of halogens is 2. The Hall–Kier alpha value is -2.88. The van der Waals surface area contributed by atoms with Crippen LogP contribution in [0.15, 0.2) is 87.3 Å². The number of ether oxygens (including phenoxy) is 1. The van der Waals surface area contributed by atoms with Crippen molar-refractivity contribution in [3.8, 4) is 11.8 Å². The van der Waals surface area contributed by atoms with Crippen LogP contribution < -0.4 is 10.1 Å². The Morgan fingerprint density at radius 1 is 1.06 bits per heavy atom. The van der Waals surface area contributed by atoms with Crippen LogP contribution in [0, 0.1) is 11.3 Å². The van der Waals surface area contributed by atoms with Crippen molar-refractivity contribution in [2.45, 2.75) is 19.6 Å². The highest BCUT2D eigenvalue weighted by molar-refractivity contribution is 9.10. The zero-order valence-electron chi connectivity index (χ0n) is 16.8. The van der Waals surface area contributed by atoms with Crippen LogP contribution >= 0.6 is 31.9 Å². The number of carbonyl (C=O) groups excluding carboxylic acids is 1. The lowest BCUT2D eigenvalue weighted by molar-refractivity contribution is -0.117. The molecular weight excluding hydrogens is 520 g/mol. The minimum absolute atomic E-state index is 0.00868. The molecule has 0 bridgehead atoms. The molecule has 3 aromatic rings. The first-order chi connectivity index (χ1) is 15.0. The normalized spacial score (nSPS) is 12.0. The van der Waals surface area contributed by atoms with Crippen LogP contribution in [0.4, 0.5) is 0 Å². The van der Waals surface area contributed by atoms with Crippen molar-refractivity contribution >= 4 is 43.8 Å². The third kappa shape index (κ3) is 6.55. The molecule has 0 aromatic heterocycles. The van der Waals surface area contributed by atoms with Crippen LogP contribution in [0.5, 0.6) is 5.75 Å². The first-order valence-corrected chi connectivity index (χ1v) is 11.2. The van der Waals surface area contributed by atoms with Gasteiger partial charge >= 0.3 is 0 Å². The summed E-state index contributed by atoms with van der Waals surface area (Å²) >= 11 is 6.87. The number of hydrogen-bond donors (Lipinski definition) is 1. The molecule has 1 amide bonds. The summed E-state index contributed by atoms with van der Waals surface area (Å²) in [6, 6.07) is 24.7. The van der Waals surface area contributed by atoms with Crippen molar-refractivity contribution in [3.63, 3.8) is 0 Å². The quantitative estimate of drug-likeness (QED) is 0.272. The molecule has 0 spiro atoms. The number of benzene rings is 3. The van der Waals surface area contributed by atoms with E-state index in [-0.39, 0.29) is 11.6 Å². The lowest BCUT2D eigenvalue weighted by Crippen LogP contribution is -2.27. The van der Waals surface area contributed by atoms with E-state index >= 15 is 0 Å². The molecule has 0 aliphatic heterocycles. The third-order valence-electron chi connectivity index (χ3n) is 4.59. The van der Waals surface area contributed by atoms with Gasteiger partial charge in [-0.25, -0.2) is 0 Å². The van der Waals surface area contributed by atoms with Crippen molar-refractivity contribution in [1.82, 2.24) is 5.32 Å². The van der Waals surface area contributed by atoms with Gasteiger partial charge in [-0.3, -0.25) is 4.79 Å². The summed E-state index contributed by atoms with van der Waals surface area (Å²) in [6.45, 7) is 2.25. The monoisotopic (exact) mass is 538 g/mol.